The topological polar surface area (TPSA) is 62.5 Å². The second-order valence-electron chi connectivity index (χ2n) is 5.76. The fraction of sp³-hybridized carbons (Fsp3) is 0.158. The number of hydrogen-bond donors (Lipinski definition) is 1. The second-order valence-corrected chi connectivity index (χ2v) is 6.75. The first kappa shape index (κ1) is 17.1. The third-order valence-corrected chi connectivity index (χ3v) is 4.96. The summed E-state index contributed by atoms with van der Waals surface area (Å²) in [6.45, 7) is 7.72. The van der Waals surface area contributed by atoms with Gasteiger partial charge in [0.05, 0.1) is 4.91 Å². The minimum Gasteiger partial charge on any atom is -0.508 e. The number of thioether (sulfide) groups is 1. The van der Waals surface area contributed by atoms with E-state index in [9.17, 15) is 14.7 Å². The van der Waals surface area contributed by atoms with Crippen LogP contribution >= 0.6 is 11.8 Å². The van der Waals surface area contributed by atoms with Crippen molar-refractivity contribution in [3.8, 4) is 11.4 Å². The lowest BCUT2D eigenvalue weighted by Crippen LogP contribution is -2.27. The van der Waals surface area contributed by atoms with Gasteiger partial charge in [0.15, 0.2) is 0 Å². The molecule has 1 aromatic heterocycles. The molecular formula is C19H18N2O3S. The molecule has 0 atom stereocenters. The van der Waals surface area contributed by atoms with Crippen LogP contribution in [0.25, 0.3) is 11.8 Å². The Balaban J connectivity index is 1.99. The molecule has 6 heteroatoms. The van der Waals surface area contributed by atoms with Crippen LogP contribution in [0.2, 0.25) is 0 Å². The molecule has 1 N–H and O–H groups in total. The van der Waals surface area contributed by atoms with Crippen molar-refractivity contribution in [2.45, 2.75) is 13.8 Å². The number of benzene rings is 1. The van der Waals surface area contributed by atoms with Crippen LogP contribution < -0.4 is 0 Å². The fourth-order valence-corrected chi connectivity index (χ4v) is 3.70. The molecule has 1 aliphatic rings. The molecule has 1 aromatic carbocycles. The maximum Gasteiger partial charge on any atom is 0.293 e. The van der Waals surface area contributed by atoms with Gasteiger partial charge < -0.3 is 9.67 Å². The van der Waals surface area contributed by atoms with E-state index in [0.717, 1.165) is 34.4 Å². The average molecular weight is 354 g/mol. The highest BCUT2D eigenvalue weighted by atomic mass is 32.2. The number of imide groups is 1. The lowest BCUT2D eigenvalue weighted by atomic mass is 10.2. The van der Waals surface area contributed by atoms with E-state index in [1.807, 2.05) is 36.6 Å². The molecule has 1 fully saturated rings. The molecule has 0 aliphatic carbocycles. The number of aromatic nitrogens is 1. The molecule has 0 spiro atoms. The van der Waals surface area contributed by atoms with Gasteiger partial charge in [0.1, 0.15) is 5.75 Å². The molecule has 5 nitrogen and oxygen atoms in total. The normalized spacial score (nSPS) is 16.1. The summed E-state index contributed by atoms with van der Waals surface area (Å²) in [5, 5.41) is 9.18. The van der Waals surface area contributed by atoms with Crippen molar-refractivity contribution < 1.29 is 14.7 Å². The molecule has 0 unspecified atom stereocenters. The number of hydrogen-bond acceptors (Lipinski definition) is 4. The van der Waals surface area contributed by atoms with Crippen molar-refractivity contribution >= 4 is 29.0 Å². The van der Waals surface area contributed by atoms with Crippen LogP contribution in [-0.4, -0.2) is 32.3 Å². The zero-order chi connectivity index (χ0) is 18.1. The minimum absolute atomic E-state index is 0.210. The number of aryl methyl sites for hydroxylation is 1. The minimum atomic E-state index is -0.288. The molecule has 1 saturated heterocycles. The predicted molar refractivity (Wildman–Crippen MR) is 99.8 cm³/mol. The number of phenolic OH excluding ortho intramolecular Hbond substituents is 1. The zero-order valence-electron chi connectivity index (χ0n) is 14.0. The predicted octanol–water partition coefficient (Wildman–Crippen LogP) is 4.02. The first-order valence-corrected chi connectivity index (χ1v) is 8.58. The average Bonchev–Trinajstić information content (AvgIpc) is 3.00. The van der Waals surface area contributed by atoms with Gasteiger partial charge in [-0.25, -0.2) is 0 Å². The molecule has 2 heterocycles. The highest BCUT2D eigenvalue weighted by molar-refractivity contribution is 8.18. The van der Waals surface area contributed by atoms with Crippen LogP contribution in [-0.2, 0) is 4.79 Å². The quantitative estimate of drug-likeness (QED) is 0.665. The van der Waals surface area contributed by atoms with Gasteiger partial charge in [-0.15, -0.1) is 6.58 Å². The summed E-state index contributed by atoms with van der Waals surface area (Å²) in [7, 11) is 0. The number of rotatable bonds is 4. The van der Waals surface area contributed by atoms with E-state index in [1.54, 1.807) is 18.2 Å². The standard InChI is InChI=1S/C19H18N2O3S/c1-4-9-20-18(23)17(25-19(20)24)11-14-10-12(2)21(13(14)3)15-5-7-16(22)8-6-15/h4-8,10-11,22H,1,9H2,2-3H3/b17-11+. The van der Waals surface area contributed by atoms with Gasteiger partial charge in [-0.3, -0.25) is 14.5 Å². The van der Waals surface area contributed by atoms with Gasteiger partial charge in [0.2, 0.25) is 0 Å². The van der Waals surface area contributed by atoms with Crippen molar-refractivity contribution in [1.82, 2.24) is 9.47 Å². The van der Waals surface area contributed by atoms with Gasteiger partial charge in [-0.1, -0.05) is 6.08 Å². The number of amides is 2. The molecule has 2 aromatic rings. The van der Waals surface area contributed by atoms with Crippen LogP contribution in [0.4, 0.5) is 4.79 Å². The SMILES string of the molecule is C=CCN1C(=O)S/C(=C/c2cc(C)n(-c3ccc(O)cc3)c2C)C1=O. The van der Waals surface area contributed by atoms with E-state index in [2.05, 4.69) is 6.58 Å². The molecule has 128 valence electrons. The molecule has 3 rings (SSSR count). The van der Waals surface area contributed by atoms with Crippen molar-refractivity contribution in [2.24, 2.45) is 0 Å². The van der Waals surface area contributed by atoms with E-state index in [1.165, 1.54) is 11.0 Å². The van der Waals surface area contributed by atoms with Crippen molar-refractivity contribution in [1.29, 1.82) is 0 Å². The maximum absolute atomic E-state index is 12.4. The van der Waals surface area contributed by atoms with Crippen LogP contribution in [0.15, 0.2) is 47.9 Å². The summed E-state index contributed by atoms with van der Waals surface area (Å²) in [5.74, 6) is -0.0772. The van der Waals surface area contributed by atoms with Gasteiger partial charge in [-0.2, -0.15) is 0 Å². The van der Waals surface area contributed by atoms with E-state index < -0.39 is 0 Å². The number of nitrogens with zero attached hydrogens (tertiary/aromatic N) is 2. The van der Waals surface area contributed by atoms with Crippen molar-refractivity contribution in [3.63, 3.8) is 0 Å². The Labute approximate surface area is 150 Å². The van der Waals surface area contributed by atoms with Crippen molar-refractivity contribution in [3.05, 3.63) is 64.8 Å². The molecule has 25 heavy (non-hydrogen) atoms. The second kappa shape index (κ2) is 6.64. The lowest BCUT2D eigenvalue weighted by molar-refractivity contribution is -0.122. The van der Waals surface area contributed by atoms with Gasteiger partial charge >= 0.3 is 0 Å². The van der Waals surface area contributed by atoms with E-state index in [4.69, 9.17) is 0 Å². The molecule has 1 aliphatic heterocycles. The highest BCUT2D eigenvalue weighted by Gasteiger charge is 2.34. The third kappa shape index (κ3) is 3.13. The van der Waals surface area contributed by atoms with Gasteiger partial charge in [0, 0.05) is 23.6 Å². The fourth-order valence-electron chi connectivity index (χ4n) is 2.86. The monoisotopic (exact) mass is 354 g/mol. The molecule has 2 amide bonds. The van der Waals surface area contributed by atoms with Gasteiger partial charge in [0.25, 0.3) is 11.1 Å². The number of carbonyl (C=O) groups excluding carboxylic acids is 2. The zero-order valence-corrected chi connectivity index (χ0v) is 14.8. The Morgan fingerprint density at radius 1 is 1.20 bits per heavy atom. The summed E-state index contributed by atoms with van der Waals surface area (Å²) < 4.78 is 2.04. The highest BCUT2D eigenvalue weighted by Crippen LogP contribution is 2.33. The van der Waals surface area contributed by atoms with Crippen LogP contribution in [0.3, 0.4) is 0 Å². The summed E-state index contributed by atoms with van der Waals surface area (Å²) in [6, 6.07) is 8.90. The first-order chi connectivity index (χ1) is 11.9. The summed E-state index contributed by atoms with van der Waals surface area (Å²) >= 11 is 0.947. The van der Waals surface area contributed by atoms with E-state index in [0.29, 0.717) is 4.91 Å². The Kier molecular flexibility index (Phi) is 4.55. The Morgan fingerprint density at radius 3 is 2.52 bits per heavy atom. The maximum atomic E-state index is 12.4. The van der Waals surface area contributed by atoms with E-state index >= 15 is 0 Å². The Bertz CT molecular complexity index is 894. The largest absolute Gasteiger partial charge is 0.508 e. The number of aromatic hydroxyl groups is 1. The van der Waals surface area contributed by atoms with Crippen molar-refractivity contribution in [2.75, 3.05) is 6.54 Å². The number of carbonyl (C=O) groups is 2. The van der Waals surface area contributed by atoms with Crippen LogP contribution in [0, 0.1) is 13.8 Å². The lowest BCUT2D eigenvalue weighted by Gasteiger charge is -2.09. The Morgan fingerprint density at radius 2 is 1.88 bits per heavy atom. The molecule has 0 bridgehead atoms. The van der Waals surface area contributed by atoms with Gasteiger partial charge in [-0.05, 0) is 67.6 Å². The smallest absolute Gasteiger partial charge is 0.293 e. The first-order valence-electron chi connectivity index (χ1n) is 7.77. The van der Waals surface area contributed by atoms with Crippen LogP contribution in [0.5, 0.6) is 5.75 Å². The van der Waals surface area contributed by atoms with Crippen LogP contribution in [0.1, 0.15) is 17.0 Å². The Hall–Kier alpha value is -2.73. The third-order valence-electron chi connectivity index (χ3n) is 4.05. The summed E-state index contributed by atoms with van der Waals surface area (Å²) in [5.41, 5.74) is 3.76. The molecule has 0 saturated carbocycles. The molecular weight excluding hydrogens is 336 g/mol. The number of phenols is 1. The summed E-state index contributed by atoms with van der Waals surface area (Å²) in [4.78, 5) is 25.9. The van der Waals surface area contributed by atoms with E-state index in [-0.39, 0.29) is 23.4 Å². The summed E-state index contributed by atoms with van der Waals surface area (Å²) in [6.07, 6.45) is 3.29. The molecule has 0 radical (unpaired) electrons.